The fourth-order valence-electron chi connectivity index (χ4n) is 2.02. The van der Waals surface area contributed by atoms with Crippen LogP contribution < -0.4 is 0 Å². The minimum absolute atomic E-state index is 0.156. The molecule has 1 N–H and O–H groups in total. The van der Waals surface area contributed by atoms with Crippen LogP contribution in [0.4, 0.5) is 0 Å². The monoisotopic (exact) mass is 249 g/mol. The van der Waals surface area contributed by atoms with E-state index in [4.69, 9.17) is 9.94 Å². The lowest BCUT2D eigenvalue weighted by Gasteiger charge is -2.19. The van der Waals surface area contributed by atoms with Crippen molar-refractivity contribution in [1.82, 2.24) is 5.06 Å². The van der Waals surface area contributed by atoms with Crippen molar-refractivity contribution in [3.8, 4) is 0 Å². The molecular weight excluding hydrogens is 234 g/mol. The second-order valence-electron chi connectivity index (χ2n) is 4.26. The van der Waals surface area contributed by atoms with E-state index in [0.717, 1.165) is 12.0 Å². The first-order valence-electron chi connectivity index (χ1n) is 5.91. The van der Waals surface area contributed by atoms with Crippen LogP contribution in [0.25, 0.3) is 0 Å². The number of benzene rings is 1. The highest BCUT2D eigenvalue weighted by Crippen LogP contribution is 2.18. The van der Waals surface area contributed by atoms with Gasteiger partial charge in [-0.15, -0.1) is 5.06 Å². The molecule has 0 aliphatic carbocycles. The van der Waals surface area contributed by atoms with Gasteiger partial charge in [-0.3, -0.25) is 4.79 Å². The Morgan fingerprint density at radius 3 is 2.72 bits per heavy atom. The fraction of sp³-hybridized carbons (Fsp3) is 0.385. The molecule has 1 aliphatic heterocycles. The molecule has 5 nitrogen and oxygen atoms in total. The first kappa shape index (κ1) is 12.6. The number of carboxylic acids is 1. The standard InChI is InChI=1S/C13H15NO4/c15-12(9-10-5-2-1-3-6-10)18-14-8-4-7-11(14)13(16)17/h1-3,5-6,11H,4,7-9H2,(H,16,17)/t11-/m1/s1. The van der Waals surface area contributed by atoms with Crippen molar-refractivity contribution < 1.29 is 19.5 Å². The predicted octanol–water partition coefficient (Wildman–Crippen LogP) is 1.24. The van der Waals surface area contributed by atoms with E-state index in [2.05, 4.69) is 0 Å². The van der Waals surface area contributed by atoms with E-state index in [0.29, 0.717) is 13.0 Å². The first-order chi connectivity index (χ1) is 8.66. The molecule has 1 heterocycles. The minimum Gasteiger partial charge on any atom is -0.480 e. The number of hydrogen-bond donors (Lipinski definition) is 1. The van der Waals surface area contributed by atoms with Crippen LogP contribution in [0.5, 0.6) is 0 Å². The van der Waals surface area contributed by atoms with Crippen LogP contribution in [0, 0.1) is 0 Å². The third-order valence-corrected chi connectivity index (χ3v) is 2.90. The van der Waals surface area contributed by atoms with E-state index < -0.39 is 18.0 Å². The van der Waals surface area contributed by atoms with Gasteiger partial charge in [0.25, 0.3) is 0 Å². The number of hydroxylamine groups is 2. The van der Waals surface area contributed by atoms with Gasteiger partial charge in [0, 0.05) is 6.54 Å². The lowest BCUT2D eigenvalue weighted by atomic mass is 10.2. The van der Waals surface area contributed by atoms with Crippen LogP contribution in [-0.2, 0) is 20.8 Å². The Kier molecular flexibility index (Phi) is 3.94. The molecule has 1 saturated heterocycles. The number of carbonyl (C=O) groups is 2. The summed E-state index contributed by atoms with van der Waals surface area (Å²) in [7, 11) is 0. The molecule has 96 valence electrons. The molecule has 1 aromatic carbocycles. The molecule has 0 aromatic heterocycles. The summed E-state index contributed by atoms with van der Waals surface area (Å²) in [6.07, 6.45) is 1.41. The lowest BCUT2D eigenvalue weighted by molar-refractivity contribution is -0.198. The van der Waals surface area contributed by atoms with Gasteiger partial charge in [-0.25, -0.2) is 4.79 Å². The summed E-state index contributed by atoms with van der Waals surface area (Å²) in [6.45, 7) is 0.484. The molecule has 0 amide bonds. The second-order valence-corrected chi connectivity index (χ2v) is 4.26. The van der Waals surface area contributed by atoms with E-state index in [1.54, 1.807) is 0 Å². The molecule has 1 atom stereocenters. The molecule has 5 heteroatoms. The Hall–Kier alpha value is -1.88. The van der Waals surface area contributed by atoms with Gasteiger partial charge in [-0.1, -0.05) is 30.3 Å². The van der Waals surface area contributed by atoms with Crippen molar-refractivity contribution in [1.29, 1.82) is 0 Å². The molecule has 1 fully saturated rings. The van der Waals surface area contributed by atoms with Crippen LogP contribution in [-0.4, -0.2) is 34.7 Å². The van der Waals surface area contributed by atoms with Gasteiger partial charge < -0.3 is 9.94 Å². The Bertz CT molecular complexity index is 432. The summed E-state index contributed by atoms with van der Waals surface area (Å²) in [6, 6.07) is 8.52. The molecule has 18 heavy (non-hydrogen) atoms. The van der Waals surface area contributed by atoms with E-state index in [1.807, 2.05) is 30.3 Å². The smallest absolute Gasteiger partial charge is 0.329 e. The number of nitrogens with zero attached hydrogens (tertiary/aromatic N) is 1. The number of rotatable bonds is 4. The van der Waals surface area contributed by atoms with Crippen LogP contribution in [0.2, 0.25) is 0 Å². The van der Waals surface area contributed by atoms with E-state index in [1.165, 1.54) is 5.06 Å². The summed E-state index contributed by atoms with van der Waals surface area (Å²) in [5, 5.41) is 10.2. The van der Waals surface area contributed by atoms with Gasteiger partial charge in [0.2, 0.25) is 0 Å². The highest BCUT2D eigenvalue weighted by molar-refractivity contribution is 5.75. The summed E-state index contributed by atoms with van der Waals surface area (Å²) < 4.78 is 0. The third-order valence-electron chi connectivity index (χ3n) is 2.90. The molecule has 0 radical (unpaired) electrons. The van der Waals surface area contributed by atoms with E-state index >= 15 is 0 Å². The van der Waals surface area contributed by atoms with Crippen molar-refractivity contribution >= 4 is 11.9 Å². The molecule has 0 unspecified atom stereocenters. The number of aliphatic carboxylic acids is 1. The highest BCUT2D eigenvalue weighted by Gasteiger charge is 2.33. The maximum Gasteiger partial charge on any atom is 0.329 e. The van der Waals surface area contributed by atoms with Gasteiger partial charge in [-0.05, 0) is 18.4 Å². The fourth-order valence-corrected chi connectivity index (χ4v) is 2.02. The summed E-state index contributed by atoms with van der Waals surface area (Å²) in [4.78, 5) is 27.7. The minimum atomic E-state index is -0.944. The SMILES string of the molecule is O=C(Cc1ccccc1)ON1CCC[C@@H]1C(=O)O. The average molecular weight is 249 g/mol. The van der Waals surface area contributed by atoms with Crippen LogP contribution in [0.15, 0.2) is 30.3 Å². The molecule has 2 rings (SSSR count). The molecular formula is C13H15NO4. The largest absolute Gasteiger partial charge is 0.480 e. The lowest BCUT2D eigenvalue weighted by Crippen LogP contribution is -2.37. The molecule has 1 aromatic rings. The Morgan fingerprint density at radius 1 is 1.33 bits per heavy atom. The van der Waals surface area contributed by atoms with Gasteiger partial charge in [0.15, 0.2) is 0 Å². The van der Waals surface area contributed by atoms with Crippen molar-refractivity contribution in [3.05, 3.63) is 35.9 Å². The Morgan fingerprint density at radius 2 is 2.06 bits per heavy atom. The van der Waals surface area contributed by atoms with Gasteiger partial charge >= 0.3 is 11.9 Å². The van der Waals surface area contributed by atoms with Crippen molar-refractivity contribution in [2.45, 2.75) is 25.3 Å². The molecule has 0 spiro atoms. The summed E-state index contributed by atoms with van der Waals surface area (Å²) in [5.41, 5.74) is 0.855. The highest BCUT2D eigenvalue weighted by atomic mass is 16.7. The molecule has 0 bridgehead atoms. The Balaban J connectivity index is 1.90. The predicted molar refractivity (Wildman–Crippen MR) is 63.6 cm³/mol. The van der Waals surface area contributed by atoms with Crippen LogP contribution >= 0.6 is 0 Å². The summed E-state index contributed by atoms with van der Waals surface area (Å²) >= 11 is 0. The van der Waals surface area contributed by atoms with Crippen LogP contribution in [0.3, 0.4) is 0 Å². The average Bonchev–Trinajstić information content (AvgIpc) is 2.78. The quantitative estimate of drug-likeness (QED) is 0.869. The zero-order valence-corrected chi connectivity index (χ0v) is 9.91. The number of carbonyl (C=O) groups excluding carboxylic acids is 1. The van der Waals surface area contributed by atoms with Gasteiger partial charge in [-0.2, -0.15) is 0 Å². The van der Waals surface area contributed by atoms with Gasteiger partial charge in [0.1, 0.15) is 6.04 Å². The first-order valence-corrected chi connectivity index (χ1v) is 5.91. The van der Waals surface area contributed by atoms with Crippen LogP contribution in [0.1, 0.15) is 18.4 Å². The zero-order valence-electron chi connectivity index (χ0n) is 9.91. The van der Waals surface area contributed by atoms with E-state index in [9.17, 15) is 9.59 Å². The topological polar surface area (TPSA) is 66.8 Å². The van der Waals surface area contributed by atoms with E-state index in [-0.39, 0.29) is 6.42 Å². The number of hydrogen-bond acceptors (Lipinski definition) is 4. The number of carboxylic acid groups (broad SMARTS) is 1. The van der Waals surface area contributed by atoms with Crippen molar-refractivity contribution in [3.63, 3.8) is 0 Å². The summed E-state index contributed by atoms with van der Waals surface area (Å²) in [5.74, 6) is -1.37. The molecule has 0 saturated carbocycles. The Labute approximate surface area is 105 Å². The van der Waals surface area contributed by atoms with Gasteiger partial charge in [0.05, 0.1) is 6.42 Å². The zero-order chi connectivity index (χ0) is 13.0. The second kappa shape index (κ2) is 5.64. The van der Waals surface area contributed by atoms with Crippen molar-refractivity contribution in [2.75, 3.05) is 6.54 Å². The molecule has 1 aliphatic rings. The van der Waals surface area contributed by atoms with Crippen molar-refractivity contribution in [2.24, 2.45) is 0 Å². The maximum absolute atomic E-state index is 11.7. The maximum atomic E-state index is 11.7. The normalized spacial score (nSPS) is 19.7. The third kappa shape index (κ3) is 3.07.